The molecule has 3 heterocycles. The smallest absolute Gasteiger partial charge is 0.220 e. The van der Waals surface area contributed by atoms with E-state index in [-0.39, 0.29) is 17.7 Å². The van der Waals surface area contributed by atoms with Crippen molar-refractivity contribution in [2.24, 2.45) is 11.7 Å². The summed E-state index contributed by atoms with van der Waals surface area (Å²) in [6.07, 6.45) is 3.44. The lowest BCUT2D eigenvalue weighted by atomic mass is 9.74. The standard InChI is InChI=1S/C27H23N5O/c28-21-7-4-12-32-25(21)24(31-27(32)20-13-19(14-20)26(29)33)18-9-8-17-10-11-22(30-23(17)15-18)16-5-2-1-3-6-16/h1-12,15,19-20H,13-14,28H2,(H2,29,33). The number of carbonyl (C=O) groups excluding carboxylic acids is 1. The van der Waals surface area contributed by atoms with Crippen molar-refractivity contribution in [3.8, 4) is 22.5 Å². The number of carbonyl (C=O) groups is 1. The quantitative estimate of drug-likeness (QED) is 0.426. The molecule has 0 saturated heterocycles. The highest BCUT2D eigenvalue weighted by atomic mass is 16.1. The Morgan fingerprint density at radius 2 is 1.70 bits per heavy atom. The molecule has 1 fully saturated rings. The third-order valence-corrected chi connectivity index (χ3v) is 6.66. The first kappa shape index (κ1) is 19.5. The number of aromatic nitrogens is 3. The highest BCUT2D eigenvalue weighted by Crippen LogP contribution is 2.43. The third kappa shape index (κ3) is 3.22. The van der Waals surface area contributed by atoms with Crippen molar-refractivity contribution in [2.45, 2.75) is 18.8 Å². The number of amides is 1. The summed E-state index contributed by atoms with van der Waals surface area (Å²) in [6, 6.07) is 24.3. The normalized spacial score (nSPS) is 17.8. The number of fused-ring (bicyclic) bond motifs is 2. The monoisotopic (exact) mass is 433 g/mol. The van der Waals surface area contributed by atoms with E-state index in [9.17, 15) is 4.79 Å². The number of pyridine rings is 2. The Bertz CT molecular complexity index is 1520. The van der Waals surface area contributed by atoms with E-state index < -0.39 is 0 Å². The number of rotatable bonds is 4. The zero-order valence-corrected chi connectivity index (χ0v) is 18.0. The molecule has 1 aliphatic rings. The molecule has 6 rings (SSSR count). The molecule has 0 atom stereocenters. The third-order valence-electron chi connectivity index (χ3n) is 6.66. The lowest BCUT2D eigenvalue weighted by molar-refractivity contribution is -0.124. The van der Waals surface area contributed by atoms with Crippen molar-refractivity contribution >= 4 is 28.0 Å². The van der Waals surface area contributed by atoms with Crippen LogP contribution in [-0.4, -0.2) is 20.3 Å². The van der Waals surface area contributed by atoms with Crippen molar-refractivity contribution in [3.63, 3.8) is 0 Å². The topological polar surface area (TPSA) is 99.3 Å². The molecule has 0 spiro atoms. The van der Waals surface area contributed by atoms with Gasteiger partial charge in [0, 0.05) is 34.5 Å². The van der Waals surface area contributed by atoms with Crippen molar-refractivity contribution < 1.29 is 4.79 Å². The molecule has 33 heavy (non-hydrogen) atoms. The summed E-state index contributed by atoms with van der Waals surface area (Å²) in [5.74, 6) is 0.805. The van der Waals surface area contributed by atoms with Crippen LogP contribution < -0.4 is 11.5 Å². The van der Waals surface area contributed by atoms with Crippen LogP contribution in [-0.2, 0) is 4.79 Å². The molecule has 0 aliphatic heterocycles. The number of imidazole rings is 1. The molecular weight excluding hydrogens is 410 g/mol. The van der Waals surface area contributed by atoms with E-state index in [1.807, 2.05) is 42.6 Å². The van der Waals surface area contributed by atoms with Gasteiger partial charge in [0.1, 0.15) is 5.82 Å². The van der Waals surface area contributed by atoms with Gasteiger partial charge in [-0.2, -0.15) is 0 Å². The van der Waals surface area contributed by atoms with Crippen LogP contribution in [0, 0.1) is 5.92 Å². The van der Waals surface area contributed by atoms with Gasteiger partial charge in [-0.3, -0.25) is 4.79 Å². The number of hydrogen-bond donors (Lipinski definition) is 2. The average molecular weight is 434 g/mol. The molecule has 3 aromatic heterocycles. The second kappa shape index (κ2) is 7.45. The molecule has 4 N–H and O–H groups in total. The molecule has 0 bridgehead atoms. The van der Waals surface area contributed by atoms with E-state index in [1.165, 1.54) is 0 Å². The first-order valence-electron chi connectivity index (χ1n) is 11.1. The van der Waals surface area contributed by atoms with Gasteiger partial charge >= 0.3 is 0 Å². The molecule has 0 radical (unpaired) electrons. The van der Waals surface area contributed by atoms with Crippen LogP contribution in [0.4, 0.5) is 5.69 Å². The highest BCUT2D eigenvalue weighted by Gasteiger charge is 2.37. The zero-order chi connectivity index (χ0) is 22.5. The van der Waals surface area contributed by atoms with Gasteiger partial charge in [0.25, 0.3) is 0 Å². The fourth-order valence-electron chi connectivity index (χ4n) is 4.77. The minimum atomic E-state index is -0.235. The Morgan fingerprint density at radius 1 is 0.909 bits per heavy atom. The maximum Gasteiger partial charge on any atom is 0.220 e. The van der Waals surface area contributed by atoms with Gasteiger partial charge in [-0.15, -0.1) is 0 Å². The van der Waals surface area contributed by atoms with E-state index >= 15 is 0 Å². The summed E-state index contributed by atoms with van der Waals surface area (Å²) in [5, 5.41) is 1.07. The molecule has 1 aliphatic carbocycles. The van der Waals surface area contributed by atoms with Gasteiger partial charge in [0.2, 0.25) is 5.91 Å². The summed E-state index contributed by atoms with van der Waals surface area (Å²) in [7, 11) is 0. The molecule has 6 nitrogen and oxygen atoms in total. The molecule has 162 valence electrons. The molecule has 0 unspecified atom stereocenters. The summed E-state index contributed by atoms with van der Waals surface area (Å²) in [4.78, 5) is 21.5. The van der Waals surface area contributed by atoms with E-state index in [4.69, 9.17) is 21.4 Å². The van der Waals surface area contributed by atoms with Crippen LogP contribution in [0.25, 0.3) is 38.9 Å². The van der Waals surface area contributed by atoms with Crippen LogP contribution in [0.15, 0.2) is 79.0 Å². The number of benzene rings is 2. The van der Waals surface area contributed by atoms with Crippen molar-refractivity contribution in [3.05, 3.63) is 84.8 Å². The van der Waals surface area contributed by atoms with E-state index in [2.05, 4.69) is 40.8 Å². The fraction of sp³-hybridized carbons (Fsp3) is 0.148. The van der Waals surface area contributed by atoms with Crippen LogP contribution in [0.5, 0.6) is 0 Å². The Hall–Kier alpha value is -4.19. The molecule has 1 amide bonds. The highest BCUT2D eigenvalue weighted by molar-refractivity contribution is 5.92. The molecule has 2 aromatic carbocycles. The van der Waals surface area contributed by atoms with Gasteiger partial charge in [0.15, 0.2) is 0 Å². The fourth-order valence-corrected chi connectivity index (χ4v) is 4.77. The Balaban J connectivity index is 1.47. The number of hydrogen-bond acceptors (Lipinski definition) is 4. The summed E-state index contributed by atoms with van der Waals surface area (Å²) in [5.41, 5.74) is 18.2. The predicted molar refractivity (Wildman–Crippen MR) is 130 cm³/mol. The van der Waals surface area contributed by atoms with Crippen molar-refractivity contribution in [2.75, 3.05) is 5.73 Å². The number of primary amides is 1. The average Bonchev–Trinajstić information content (AvgIpc) is 3.18. The van der Waals surface area contributed by atoms with Crippen LogP contribution >= 0.6 is 0 Å². The van der Waals surface area contributed by atoms with Gasteiger partial charge < -0.3 is 15.9 Å². The maximum atomic E-state index is 11.5. The maximum absolute atomic E-state index is 11.5. The summed E-state index contributed by atoms with van der Waals surface area (Å²) >= 11 is 0. The Morgan fingerprint density at radius 3 is 2.48 bits per heavy atom. The van der Waals surface area contributed by atoms with E-state index in [0.717, 1.165) is 57.6 Å². The first-order valence-corrected chi connectivity index (χ1v) is 11.1. The second-order valence-corrected chi connectivity index (χ2v) is 8.74. The SMILES string of the molecule is NC(=O)C1CC(c2nc(-c3ccc4ccc(-c5ccccc5)nc4c3)c3c(N)cccn23)C1. The molecule has 5 aromatic rings. The van der Waals surface area contributed by atoms with Crippen LogP contribution in [0.3, 0.4) is 0 Å². The van der Waals surface area contributed by atoms with Crippen molar-refractivity contribution in [1.82, 2.24) is 14.4 Å². The minimum Gasteiger partial charge on any atom is -0.397 e. The lowest BCUT2D eigenvalue weighted by Gasteiger charge is -2.32. The Kier molecular flexibility index (Phi) is 4.40. The number of anilines is 1. The van der Waals surface area contributed by atoms with Crippen LogP contribution in [0.2, 0.25) is 0 Å². The van der Waals surface area contributed by atoms with Crippen LogP contribution in [0.1, 0.15) is 24.6 Å². The predicted octanol–water partition coefficient (Wildman–Crippen LogP) is 4.78. The van der Waals surface area contributed by atoms with Gasteiger partial charge in [0.05, 0.1) is 28.1 Å². The van der Waals surface area contributed by atoms with E-state index in [0.29, 0.717) is 5.69 Å². The minimum absolute atomic E-state index is 0.0758. The number of nitrogens with zero attached hydrogens (tertiary/aromatic N) is 3. The molecular formula is C27H23N5O. The molecule has 6 heteroatoms. The first-order chi connectivity index (χ1) is 16.1. The van der Waals surface area contributed by atoms with Gasteiger partial charge in [-0.25, -0.2) is 9.97 Å². The molecule has 1 saturated carbocycles. The van der Waals surface area contributed by atoms with Gasteiger partial charge in [-0.1, -0.05) is 48.5 Å². The van der Waals surface area contributed by atoms with E-state index in [1.54, 1.807) is 0 Å². The summed E-state index contributed by atoms with van der Waals surface area (Å²) in [6.45, 7) is 0. The second-order valence-electron chi connectivity index (χ2n) is 8.74. The number of nitrogen functional groups attached to an aromatic ring is 1. The summed E-state index contributed by atoms with van der Waals surface area (Å²) < 4.78 is 2.06. The Labute approximate surface area is 190 Å². The zero-order valence-electron chi connectivity index (χ0n) is 18.0. The largest absolute Gasteiger partial charge is 0.397 e. The number of nitrogens with two attached hydrogens (primary N) is 2. The lowest BCUT2D eigenvalue weighted by Crippen LogP contribution is -2.34. The van der Waals surface area contributed by atoms with Gasteiger partial charge in [-0.05, 0) is 37.1 Å². The van der Waals surface area contributed by atoms with Crippen molar-refractivity contribution in [1.29, 1.82) is 0 Å².